The Morgan fingerprint density at radius 3 is 2.69 bits per heavy atom. The van der Waals surface area contributed by atoms with Crippen LogP contribution in [-0.4, -0.2) is 37.9 Å². The van der Waals surface area contributed by atoms with Crippen LogP contribution in [0.1, 0.15) is 35.8 Å². The molecule has 4 nitrogen and oxygen atoms in total. The molecule has 0 aromatic heterocycles. The minimum absolute atomic E-state index is 0. The zero-order valence-electron chi connectivity index (χ0n) is 14.7. The van der Waals surface area contributed by atoms with Crippen molar-refractivity contribution in [2.75, 3.05) is 33.0 Å². The van der Waals surface area contributed by atoms with Gasteiger partial charge in [-0.15, -0.1) is 12.4 Å². The van der Waals surface area contributed by atoms with E-state index in [4.69, 9.17) is 14.2 Å². The molecule has 2 unspecified atom stereocenters. The molecular weight excluding hydrogens is 350 g/mol. The molecule has 26 heavy (non-hydrogen) atoms. The third-order valence-corrected chi connectivity index (χ3v) is 5.70. The van der Waals surface area contributed by atoms with Gasteiger partial charge < -0.3 is 19.1 Å². The first-order chi connectivity index (χ1) is 12.4. The summed E-state index contributed by atoms with van der Waals surface area (Å²) in [5, 5.41) is 0. The van der Waals surface area contributed by atoms with Crippen LogP contribution >= 0.6 is 12.4 Å². The summed E-state index contributed by atoms with van der Waals surface area (Å²) in [7, 11) is 0. The highest BCUT2D eigenvalue weighted by Gasteiger charge is 2.32. The summed E-state index contributed by atoms with van der Waals surface area (Å²) in [4.78, 5) is 2.61. The average Bonchev–Trinajstić information content (AvgIpc) is 3.32. The SMILES string of the molecule is Cl.c1ccc(C2CCN(CC3CCOc4c3ccc3c4OCO3)C2)cc1. The van der Waals surface area contributed by atoms with Gasteiger partial charge in [0.25, 0.3) is 0 Å². The minimum atomic E-state index is 0. The Hall–Kier alpha value is -1.91. The molecule has 3 heterocycles. The molecule has 0 amide bonds. The lowest BCUT2D eigenvalue weighted by atomic mass is 9.92. The fourth-order valence-electron chi connectivity index (χ4n) is 4.39. The van der Waals surface area contributed by atoms with E-state index < -0.39 is 0 Å². The minimum Gasteiger partial charge on any atom is -0.489 e. The van der Waals surface area contributed by atoms with E-state index in [0.717, 1.165) is 43.4 Å². The Balaban J connectivity index is 0.00000168. The summed E-state index contributed by atoms with van der Waals surface area (Å²) >= 11 is 0. The fourth-order valence-corrected chi connectivity index (χ4v) is 4.39. The number of halogens is 1. The molecule has 2 aromatic rings. The summed E-state index contributed by atoms with van der Waals surface area (Å²) in [6, 6.07) is 15.1. The molecule has 2 atom stereocenters. The first-order valence-corrected chi connectivity index (χ1v) is 9.21. The van der Waals surface area contributed by atoms with Gasteiger partial charge in [-0.2, -0.15) is 0 Å². The number of benzene rings is 2. The van der Waals surface area contributed by atoms with E-state index >= 15 is 0 Å². The molecule has 0 aliphatic carbocycles. The quantitative estimate of drug-likeness (QED) is 0.807. The van der Waals surface area contributed by atoms with Crippen molar-refractivity contribution in [3.05, 3.63) is 53.6 Å². The topological polar surface area (TPSA) is 30.9 Å². The molecule has 3 aliphatic rings. The van der Waals surface area contributed by atoms with E-state index in [1.807, 2.05) is 6.07 Å². The predicted octanol–water partition coefficient (Wildman–Crippen LogP) is 4.19. The summed E-state index contributed by atoms with van der Waals surface area (Å²) in [5.41, 5.74) is 2.75. The number of fused-ring (bicyclic) bond motifs is 3. The van der Waals surface area contributed by atoms with E-state index in [0.29, 0.717) is 18.6 Å². The second-order valence-electron chi connectivity index (χ2n) is 7.21. The van der Waals surface area contributed by atoms with Gasteiger partial charge in [0.15, 0.2) is 11.5 Å². The lowest BCUT2D eigenvalue weighted by molar-refractivity contribution is 0.166. The van der Waals surface area contributed by atoms with Crippen molar-refractivity contribution in [1.29, 1.82) is 0 Å². The van der Waals surface area contributed by atoms with Crippen LogP contribution in [0.5, 0.6) is 17.2 Å². The van der Waals surface area contributed by atoms with Crippen molar-refractivity contribution in [1.82, 2.24) is 4.90 Å². The molecule has 3 aliphatic heterocycles. The van der Waals surface area contributed by atoms with Crippen molar-refractivity contribution < 1.29 is 14.2 Å². The van der Waals surface area contributed by atoms with Crippen LogP contribution in [0.4, 0.5) is 0 Å². The standard InChI is InChI=1S/C21H23NO3.ClH/c1-2-4-15(5-3-1)16-8-10-22(12-16)13-17-9-11-23-20-18(17)6-7-19-21(20)25-14-24-19;/h1-7,16-17H,8-14H2;1H. The van der Waals surface area contributed by atoms with Gasteiger partial charge in [0.05, 0.1) is 6.61 Å². The predicted molar refractivity (Wildman–Crippen MR) is 103 cm³/mol. The highest BCUT2D eigenvalue weighted by atomic mass is 35.5. The van der Waals surface area contributed by atoms with Gasteiger partial charge in [0.1, 0.15) is 0 Å². The van der Waals surface area contributed by atoms with Crippen molar-refractivity contribution in [3.8, 4) is 17.2 Å². The molecular formula is C21H24ClNO3. The molecule has 5 heteroatoms. The Kier molecular flexibility index (Phi) is 4.96. The summed E-state index contributed by atoms with van der Waals surface area (Å²) in [6.07, 6.45) is 2.32. The van der Waals surface area contributed by atoms with E-state index in [2.05, 4.69) is 41.3 Å². The third-order valence-electron chi connectivity index (χ3n) is 5.70. The van der Waals surface area contributed by atoms with Crippen LogP contribution < -0.4 is 14.2 Å². The first-order valence-electron chi connectivity index (χ1n) is 9.21. The summed E-state index contributed by atoms with van der Waals surface area (Å²) in [5.74, 6) is 3.69. The Bertz CT molecular complexity index is 767. The van der Waals surface area contributed by atoms with E-state index in [-0.39, 0.29) is 12.4 Å². The maximum atomic E-state index is 5.93. The highest BCUT2D eigenvalue weighted by Crippen LogP contribution is 2.48. The van der Waals surface area contributed by atoms with Crippen LogP contribution in [0.15, 0.2) is 42.5 Å². The van der Waals surface area contributed by atoms with E-state index in [1.165, 1.54) is 24.1 Å². The Labute approximate surface area is 160 Å². The number of hydrogen-bond acceptors (Lipinski definition) is 4. The molecule has 138 valence electrons. The number of ether oxygens (including phenoxy) is 3. The van der Waals surface area contributed by atoms with Crippen molar-refractivity contribution in [3.63, 3.8) is 0 Å². The monoisotopic (exact) mass is 373 g/mol. The Morgan fingerprint density at radius 1 is 0.923 bits per heavy atom. The lowest BCUT2D eigenvalue weighted by Gasteiger charge is -2.30. The average molecular weight is 374 g/mol. The van der Waals surface area contributed by atoms with Gasteiger partial charge in [-0.1, -0.05) is 36.4 Å². The number of nitrogens with zero attached hydrogens (tertiary/aromatic N) is 1. The molecule has 0 spiro atoms. The normalized spacial score (nSPS) is 23.8. The Morgan fingerprint density at radius 2 is 1.81 bits per heavy atom. The van der Waals surface area contributed by atoms with Crippen LogP contribution in [0.3, 0.4) is 0 Å². The van der Waals surface area contributed by atoms with Crippen molar-refractivity contribution >= 4 is 12.4 Å². The highest BCUT2D eigenvalue weighted by molar-refractivity contribution is 5.85. The molecule has 2 aromatic carbocycles. The fraction of sp³-hybridized carbons (Fsp3) is 0.429. The summed E-state index contributed by atoms with van der Waals surface area (Å²) in [6.45, 7) is 4.48. The number of hydrogen-bond donors (Lipinski definition) is 0. The lowest BCUT2D eigenvalue weighted by Crippen LogP contribution is -2.29. The van der Waals surface area contributed by atoms with E-state index in [9.17, 15) is 0 Å². The van der Waals surface area contributed by atoms with Gasteiger partial charge in [0, 0.05) is 24.6 Å². The van der Waals surface area contributed by atoms with Gasteiger partial charge in [-0.05, 0) is 36.9 Å². The first kappa shape index (κ1) is 17.5. The molecule has 0 bridgehead atoms. The van der Waals surface area contributed by atoms with Crippen LogP contribution in [0.25, 0.3) is 0 Å². The zero-order chi connectivity index (χ0) is 16.6. The van der Waals surface area contributed by atoms with Crippen molar-refractivity contribution in [2.45, 2.75) is 24.7 Å². The van der Waals surface area contributed by atoms with Gasteiger partial charge in [0.2, 0.25) is 12.5 Å². The molecule has 5 rings (SSSR count). The third kappa shape index (κ3) is 3.12. The zero-order valence-corrected chi connectivity index (χ0v) is 15.5. The maximum Gasteiger partial charge on any atom is 0.231 e. The second-order valence-corrected chi connectivity index (χ2v) is 7.21. The molecule has 0 N–H and O–H groups in total. The number of rotatable bonds is 3. The molecule has 0 radical (unpaired) electrons. The maximum absolute atomic E-state index is 5.93. The summed E-state index contributed by atoms with van der Waals surface area (Å²) < 4.78 is 17.0. The van der Waals surface area contributed by atoms with Crippen LogP contribution in [0.2, 0.25) is 0 Å². The molecule has 1 saturated heterocycles. The van der Waals surface area contributed by atoms with Gasteiger partial charge >= 0.3 is 0 Å². The molecule has 1 fully saturated rings. The van der Waals surface area contributed by atoms with Crippen LogP contribution in [-0.2, 0) is 0 Å². The molecule has 0 saturated carbocycles. The van der Waals surface area contributed by atoms with Crippen LogP contribution in [0, 0.1) is 0 Å². The van der Waals surface area contributed by atoms with E-state index in [1.54, 1.807) is 0 Å². The second kappa shape index (κ2) is 7.37. The van der Waals surface area contributed by atoms with Crippen molar-refractivity contribution in [2.24, 2.45) is 0 Å². The smallest absolute Gasteiger partial charge is 0.231 e. The van der Waals surface area contributed by atoms with Gasteiger partial charge in [-0.3, -0.25) is 0 Å². The number of likely N-dealkylation sites (tertiary alicyclic amines) is 1. The largest absolute Gasteiger partial charge is 0.489 e. The van der Waals surface area contributed by atoms with Gasteiger partial charge in [-0.25, -0.2) is 0 Å².